The molecule has 170 valence electrons. The van der Waals surface area contributed by atoms with Gasteiger partial charge in [0.05, 0.1) is 32.8 Å². The second-order valence-corrected chi connectivity index (χ2v) is 7.17. The van der Waals surface area contributed by atoms with Gasteiger partial charge in [-0.05, 0) is 25.0 Å². The van der Waals surface area contributed by atoms with Crippen molar-refractivity contribution >= 4 is 0 Å². The Labute approximate surface area is 186 Å². The minimum atomic E-state index is -0.377. The molecule has 0 saturated carbocycles. The smallest absolute Gasteiger partial charge is 0.265 e. The molecule has 0 spiro atoms. The summed E-state index contributed by atoms with van der Waals surface area (Å²) in [6, 6.07) is 5.54. The van der Waals surface area contributed by atoms with E-state index in [1.807, 2.05) is 25.1 Å². The minimum absolute atomic E-state index is 0. The molecule has 0 saturated heterocycles. The molecular formula is C22H27FN6O3. The number of halogens is 1. The summed E-state index contributed by atoms with van der Waals surface area (Å²) in [5.41, 5.74) is 0.707. The molecule has 0 atom stereocenters. The summed E-state index contributed by atoms with van der Waals surface area (Å²) < 4.78 is 30.3. The Morgan fingerprint density at radius 2 is 1.72 bits per heavy atom. The zero-order valence-corrected chi connectivity index (χ0v) is 18.6. The van der Waals surface area contributed by atoms with Gasteiger partial charge in [-0.3, -0.25) is 4.57 Å². The van der Waals surface area contributed by atoms with Crippen molar-refractivity contribution in [3.63, 3.8) is 0 Å². The molecule has 32 heavy (non-hydrogen) atoms. The van der Waals surface area contributed by atoms with E-state index < -0.39 is 0 Å². The van der Waals surface area contributed by atoms with Crippen molar-refractivity contribution in [3.8, 4) is 28.9 Å². The second kappa shape index (κ2) is 10.5. The molecule has 0 amide bonds. The highest BCUT2D eigenvalue weighted by Crippen LogP contribution is 2.35. The SMILES string of the molecule is CC(C)Cc1ncc(F)cn1.COc1cccc(OC)c1-n1c(C)nnc1-c1ncco1.[HH]. The molecule has 3 heterocycles. The Kier molecular flexibility index (Phi) is 7.48. The summed E-state index contributed by atoms with van der Waals surface area (Å²) in [6.07, 6.45) is 6.25. The number of nitrogens with zero attached hydrogens (tertiary/aromatic N) is 6. The topological polar surface area (TPSA) is 101 Å². The summed E-state index contributed by atoms with van der Waals surface area (Å²) in [7, 11) is 3.20. The Hall–Kier alpha value is -3.82. The van der Waals surface area contributed by atoms with Crippen LogP contribution in [-0.4, -0.2) is 43.9 Å². The third kappa shape index (κ3) is 5.26. The van der Waals surface area contributed by atoms with Crippen molar-refractivity contribution in [1.82, 2.24) is 29.7 Å². The average Bonchev–Trinajstić information content (AvgIpc) is 3.44. The predicted octanol–water partition coefficient (Wildman–Crippen LogP) is 4.31. The number of benzene rings is 1. The van der Waals surface area contributed by atoms with E-state index in [2.05, 4.69) is 39.0 Å². The highest BCUT2D eigenvalue weighted by molar-refractivity contribution is 5.62. The van der Waals surface area contributed by atoms with E-state index >= 15 is 0 Å². The molecular weight excluding hydrogens is 415 g/mol. The number of rotatable bonds is 6. The zero-order chi connectivity index (χ0) is 23.1. The maximum absolute atomic E-state index is 12.3. The molecule has 9 nitrogen and oxygen atoms in total. The van der Waals surface area contributed by atoms with Crippen LogP contribution in [0.15, 0.2) is 47.5 Å². The van der Waals surface area contributed by atoms with Crippen LogP contribution in [0.1, 0.15) is 26.9 Å². The lowest BCUT2D eigenvalue weighted by Crippen LogP contribution is -2.05. The maximum atomic E-state index is 12.3. The summed E-state index contributed by atoms with van der Waals surface area (Å²) in [4.78, 5) is 11.8. The summed E-state index contributed by atoms with van der Waals surface area (Å²) in [5.74, 6) is 3.67. The van der Waals surface area contributed by atoms with Gasteiger partial charge in [0, 0.05) is 7.85 Å². The van der Waals surface area contributed by atoms with E-state index in [-0.39, 0.29) is 7.24 Å². The van der Waals surface area contributed by atoms with Crippen molar-refractivity contribution in [1.29, 1.82) is 0 Å². The van der Waals surface area contributed by atoms with Crippen LogP contribution in [0.4, 0.5) is 4.39 Å². The van der Waals surface area contributed by atoms with E-state index in [1.165, 1.54) is 18.7 Å². The van der Waals surface area contributed by atoms with Gasteiger partial charge < -0.3 is 13.9 Å². The first-order valence-electron chi connectivity index (χ1n) is 9.94. The van der Waals surface area contributed by atoms with Crippen LogP contribution >= 0.6 is 0 Å². The van der Waals surface area contributed by atoms with E-state index in [9.17, 15) is 4.39 Å². The van der Waals surface area contributed by atoms with Gasteiger partial charge in [-0.1, -0.05) is 19.9 Å². The van der Waals surface area contributed by atoms with E-state index in [0.717, 1.165) is 6.42 Å². The van der Waals surface area contributed by atoms with Crippen LogP contribution in [0.25, 0.3) is 17.4 Å². The molecule has 3 aromatic heterocycles. The third-order valence-electron chi connectivity index (χ3n) is 4.34. The van der Waals surface area contributed by atoms with E-state index in [4.69, 9.17) is 13.9 Å². The van der Waals surface area contributed by atoms with Crippen LogP contribution in [0.3, 0.4) is 0 Å². The average molecular weight is 442 g/mol. The number of para-hydroxylation sites is 1. The van der Waals surface area contributed by atoms with Gasteiger partial charge >= 0.3 is 0 Å². The van der Waals surface area contributed by atoms with Crippen molar-refractivity contribution in [2.24, 2.45) is 5.92 Å². The molecule has 4 aromatic rings. The molecule has 0 aliphatic rings. The molecule has 0 radical (unpaired) electrons. The van der Waals surface area contributed by atoms with E-state index in [0.29, 0.717) is 46.5 Å². The molecule has 0 bridgehead atoms. The molecule has 4 rings (SSSR count). The predicted molar refractivity (Wildman–Crippen MR) is 117 cm³/mol. The second-order valence-electron chi connectivity index (χ2n) is 7.17. The third-order valence-corrected chi connectivity index (χ3v) is 4.34. The van der Waals surface area contributed by atoms with Crippen molar-refractivity contribution in [2.45, 2.75) is 27.2 Å². The van der Waals surface area contributed by atoms with Gasteiger partial charge in [-0.2, -0.15) is 0 Å². The lowest BCUT2D eigenvalue weighted by atomic mass is 10.1. The Bertz CT molecular complexity index is 1110. The Morgan fingerprint density at radius 3 is 2.25 bits per heavy atom. The van der Waals surface area contributed by atoms with Gasteiger partial charge in [0.25, 0.3) is 5.89 Å². The van der Waals surface area contributed by atoms with Crippen LogP contribution in [0.2, 0.25) is 0 Å². The van der Waals surface area contributed by atoms with Crippen LogP contribution in [-0.2, 0) is 6.42 Å². The van der Waals surface area contributed by atoms with Gasteiger partial charge in [0.2, 0.25) is 5.82 Å². The van der Waals surface area contributed by atoms with Crippen molar-refractivity contribution in [2.75, 3.05) is 14.2 Å². The first kappa shape index (κ1) is 22.9. The first-order valence-corrected chi connectivity index (χ1v) is 9.94. The Balaban J connectivity index is 0.000000274. The standard InChI is InChI=1S/C14H14N4O3.C8H11FN2.H2/c1-9-16-17-13(14-15-7-8-21-14)18(9)12-10(19-2)5-4-6-11(12)20-3;1-6(2)3-8-10-4-7(9)5-11-8;/h4-8H,1-3H3;4-6H,3H2,1-2H3;1H. The van der Waals surface area contributed by atoms with Gasteiger partial charge in [-0.15, -0.1) is 10.2 Å². The van der Waals surface area contributed by atoms with E-state index in [1.54, 1.807) is 25.0 Å². The number of hydrogen-bond acceptors (Lipinski definition) is 8. The van der Waals surface area contributed by atoms with Crippen molar-refractivity contribution < 1.29 is 19.7 Å². The van der Waals surface area contributed by atoms with Crippen LogP contribution < -0.4 is 9.47 Å². The fraction of sp³-hybridized carbons (Fsp3) is 0.318. The molecule has 1 aromatic carbocycles. The summed E-state index contributed by atoms with van der Waals surface area (Å²) in [6.45, 7) is 5.99. The number of hydrogen-bond donors (Lipinski definition) is 0. The normalized spacial score (nSPS) is 10.6. The largest absolute Gasteiger partial charge is 0.494 e. The highest BCUT2D eigenvalue weighted by Gasteiger charge is 2.22. The molecule has 10 heteroatoms. The number of aryl methyl sites for hydroxylation is 1. The Morgan fingerprint density at radius 1 is 1.06 bits per heavy atom. The monoisotopic (exact) mass is 442 g/mol. The lowest BCUT2D eigenvalue weighted by molar-refractivity contribution is 0.390. The summed E-state index contributed by atoms with van der Waals surface area (Å²) in [5, 5.41) is 8.23. The molecule has 0 unspecified atom stereocenters. The zero-order valence-electron chi connectivity index (χ0n) is 18.6. The number of methoxy groups -OCH3 is 2. The number of oxazole rings is 1. The van der Waals surface area contributed by atoms with Gasteiger partial charge in [-0.25, -0.2) is 19.3 Å². The highest BCUT2D eigenvalue weighted by atomic mass is 19.1. The molecule has 0 N–H and O–H groups in total. The maximum Gasteiger partial charge on any atom is 0.265 e. The van der Waals surface area contributed by atoms with Crippen LogP contribution in [0, 0.1) is 18.7 Å². The quantitative estimate of drug-likeness (QED) is 0.435. The molecule has 0 aliphatic heterocycles. The molecule has 0 fully saturated rings. The van der Waals surface area contributed by atoms with Crippen molar-refractivity contribution in [3.05, 3.63) is 60.5 Å². The lowest BCUT2D eigenvalue weighted by Gasteiger charge is -2.15. The first-order chi connectivity index (χ1) is 15.4. The molecule has 0 aliphatic carbocycles. The summed E-state index contributed by atoms with van der Waals surface area (Å²) >= 11 is 0. The number of ether oxygens (including phenoxy) is 2. The van der Waals surface area contributed by atoms with Gasteiger partial charge in [0.1, 0.15) is 35.1 Å². The fourth-order valence-electron chi connectivity index (χ4n) is 2.96. The minimum Gasteiger partial charge on any atom is -0.494 e. The van der Waals surface area contributed by atoms with Crippen LogP contribution in [0.5, 0.6) is 11.5 Å². The number of aromatic nitrogens is 6. The van der Waals surface area contributed by atoms with Gasteiger partial charge in [0.15, 0.2) is 5.82 Å². The fourth-order valence-corrected chi connectivity index (χ4v) is 2.96.